The quantitative estimate of drug-likeness (QED) is 0.580. The van der Waals surface area contributed by atoms with Crippen molar-refractivity contribution in [2.75, 3.05) is 11.1 Å². The minimum atomic E-state index is -3.80. The number of hydrogen-bond acceptors (Lipinski definition) is 7. The van der Waals surface area contributed by atoms with Crippen LogP contribution in [0.1, 0.15) is 18.4 Å². The molecule has 10 heteroatoms. The van der Waals surface area contributed by atoms with E-state index in [4.69, 9.17) is 16.2 Å². The minimum Gasteiger partial charge on any atom is -0.446 e. The molecule has 1 aliphatic carbocycles. The molecule has 4 rings (SSSR count). The highest BCUT2D eigenvalue weighted by Gasteiger charge is 2.32. The van der Waals surface area contributed by atoms with E-state index in [9.17, 15) is 13.2 Å². The van der Waals surface area contributed by atoms with Gasteiger partial charge in [0, 0.05) is 30.5 Å². The van der Waals surface area contributed by atoms with Crippen LogP contribution in [0.2, 0.25) is 0 Å². The van der Waals surface area contributed by atoms with Crippen molar-refractivity contribution < 1.29 is 17.9 Å². The van der Waals surface area contributed by atoms with E-state index in [1.165, 1.54) is 12.4 Å². The van der Waals surface area contributed by atoms with Crippen LogP contribution in [-0.2, 0) is 14.8 Å². The number of primary amides is 1. The lowest BCUT2D eigenvalue weighted by molar-refractivity contribution is 0.0518. The zero-order chi connectivity index (χ0) is 20.8. The van der Waals surface area contributed by atoms with Crippen LogP contribution in [0.5, 0.6) is 0 Å². The first-order valence-corrected chi connectivity index (χ1v) is 10.5. The Morgan fingerprint density at radius 3 is 2.59 bits per heavy atom. The molecule has 0 radical (unpaired) electrons. The Bertz CT molecular complexity index is 1180. The molecule has 1 aromatic carbocycles. The van der Waals surface area contributed by atoms with E-state index in [1.807, 2.05) is 6.92 Å². The number of nitrogen functional groups attached to an aromatic ring is 1. The number of carbonyl (C=O) groups is 1. The lowest BCUT2D eigenvalue weighted by Crippen LogP contribution is -2.42. The molecular weight excluding hydrogens is 394 g/mol. The Morgan fingerprint density at radius 2 is 1.93 bits per heavy atom. The normalized spacial score (nSPS) is 18.9. The van der Waals surface area contributed by atoms with Crippen molar-refractivity contribution >= 4 is 38.5 Å². The van der Waals surface area contributed by atoms with Gasteiger partial charge in [-0.1, -0.05) is 17.7 Å². The van der Waals surface area contributed by atoms with E-state index in [1.54, 1.807) is 30.3 Å². The lowest BCUT2D eigenvalue weighted by Gasteiger charge is -2.35. The molecule has 0 atom stereocenters. The molecule has 1 fully saturated rings. The zero-order valence-corrected chi connectivity index (χ0v) is 16.5. The summed E-state index contributed by atoms with van der Waals surface area (Å²) in [5, 5.41) is 3.90. The Balaban J connectivity index is 1.65. The second-order valence-corrected chi connectivity index (χ2v) is 8.94. The Kier molecular flexibility index (Phi) is 4.58. The van der Waals surface area contributed by atoms with Crippen LogP contribution in [0.25, 0.3) is 11.0 Å². The highest BCUT2D eigenvalue weighted by Crippen LogP contribution is 2.34. The molecule has 0 spiro atoms. The summed E-state index contributed by atoms with van der Waals surface area (Å²) in [7, 11) is -3.80. The molecule has 2 heterocycles. The van der Waals surface area contributed by atoms with E-state index in [2.05, 4.69) is 10.3 Å². The molecule has 1 saturated carbocycles. The number of rotatable bonds is 5. The topological polar surface area (TPSA) is 142 Å². The van der Waals surface area contributed by atoms with Gasteiger partial charge in [0.1, 0.15) is 6.10 Å². The van der Waals surface area contributed by atoms with E-state index in [0.29, 0.717) is 29.6 Å². The first-order chi connectivity index (χ1) is 13.8. The molecule has 1 aliphatic rings. The van der Waals surface area contributed by atoms with Gasteiger partial charge < -0.3 is 21.5 Å². The van der Waals surface area contributed by atoms with Crippen LogP contribution in [-0.4, -0.2) is 35.6 Å². The molecular formula is C19H21N5O4S. The number of hydrogen-bond donors (Lipinski definition) is 3. The highest BCUT2D eigenvalue weighted by atomic mass is 32.2. The maximum absolute atomic E-state index is 13.1. The standard InChI is InChI=1S/C19H21N5O4S/c1-11-2-4-14(5-3-11)29(26,27)24-7-6-15-17(16(20)10-22-18(15)24)23-12-8-13(9-12)28-19(21)25/h2-7,10,12-13H,8-9,20H2,1H3,(H2,21,25)(H,22,23)/t12-,13-. The molecule has 0 bridgehead atoms. The van der Waals surface area contributed by atoms with Crippen LogP contribution in [0.3, 0.4) is 0 Å². The molecule has 0 aliphatic heterocycles. The van der Waals surface area contributed by atoms with Crippen molar-refractivity contribution in [1.82, 2.24) is 8.96 Å². The maximum Gasteiger partial charge on any atom is 0.404 e. The Hall–Kier alpha value is -3.27. The number of amides is 1. The Morgan fingerprint density at radius 1 is 1.24 bits per heavy atom. The van der Waals surface area contributed by atoms with Crippen molar-refractivity contribution in [2.45, 2.75) is 36.8 Å². The van der Waals surface area contributed by atoms with E-state index in [0.717, 1.165) is 9.54 Å². The Labute approximate surface area is 167 Å². The second kappa shape index (κ2) is 6.96. The summed E-state index contributed by atoms with van der Waals surface area (Å²) in [4.78, 5) is 15.2. The third kappa shape index (κ3) is 3.46. The third-order valence-electron chi connectivity index (χ3n) is 5.01. The predicted octanol–water partition coefficient (Wildman–Crippen LogP) is 2.20. The van der Waals surface area contributed by atoms with Gasteiger partial charge in [0.05, 0.1) is 22.5 Å². The molecule has 0 saturated heterocycles. The molecule has 152 valence electrons. The van der Waals surface area contributed by atoms with E-state index >= 15 is 0 Å². The SMILES string of the molecule is Cc1ccc(S(=O)(=O)n2ccc3c(N[C@H]4C[C@H](OC(N)=O)C4)c(N)cnc32)cc1. The van der Waals surface area contributed by atoms with Crippen LogP contribution >= 0.6 is 0 Å². The summed E-state index contributed by atoms with van der Waals surface area (Å²) in [6.07, 6.45) is 3.06. The maximum atomic E-state index is 13.1. The fourth-order valence-corrected chi connectivity index (χ4v) is 4.71. The summed E-state index contributed by atoms with van der Waals surface area (Å²) in [6.45, 7) is 1.89. The van der Waals surface area contributed by atoms with E-state index in [-0.39, 0.29) is 22.7 Å². The van der Waals surface area contributed by atoms with Gasteiger partial charge in [-0.2, -0.15) is 0 Å². The van der Waals surface area contributed by atoms with Crippen LogP contribution in [0.4, 0.5) is 16.2 Å². The fourth-order valence-electron chi connectivity index (χ4n) is 3.41. The molecule has 3 aromatic rings. The number of aryl methyl sites for hydroxylation is 1. The second-order valence-electron chi connectivity index (χ2n) is 7.13. The first-order valence-electron chi connectivity index (χ1n) is 9.06. The van der Waals surface area contributed by atoms with Crippen molar-refractivity contribution in [1.29, 1.82) is 0 Å². The number of pyridine rings is 1. The third-order valence-corrected chi connectivity index (χ3v) is 6.69. The van der Waals surface area contributed by atoms with Gasteiger partial charge in [-0.05, 0) is 25.1 Å². The van der Waals surface area contributed by atoms with Gasteiger partial charge in [0.2, 0.25) is 0 Å². The summed E-state index contributed by atoms with van der Waals surface area (Å²) >= 11 is 0. The average Bonchev–Trinajstić information content (AvgIpc) is 3.07. The lowest BCUT2D eigenvalue weighted by atomic mass is 9.89. The van der Waals surface area contributed by atoms with Crippen molar-refractivity contribution in [3.05, 3.63) is 48.3 Å². The van der Waals surface area contributed by atoms with Gasteiger partial charge in [-0.25, -0.2) is 22.2 Å². The first kappa shape index (κ1) is 19.1. The predicted molar refractivity (Wildman–Crippen MR) is 109 cm³/mol. The number of anilines is 2. The van der Waals surface area contributed by atoms with Gasteiger partial charge in [-0.15, -0.1) is 0 Å². The summed E-state index contributed by atoms with van der Waals surface area (Å²) in [5.41, 5.74) is 13.4. The van der Waals surface area contributed by atoms with Gasteiger partial charge >= 0.3 is 6.09 Å². The highest BCUT2D eigenvalue weighted by molar-refractivity contribution is 7.90. The number of aromatic nitrogens is 2. The minimum absolute atomic E-state index is 0.0318. The monoisotopic (exact) mass is 415 g/mol. The van der Waals surface area contributed by atoms with Gasteiger partial charge in [0.25, 0.3) is 10.0 Å². The number of nitrogens with one attached hydrogen (secondary N) is 1. The summed E-state index contributed by atoms with van der Waals surface area (Å²) in [5.74, 6) is 0. The van der Waals surface area contributed by atoms with E-state index < -0.39 is 16.1 Å². The molecule has 29 heavy (non-hydrogen) atoms. The molecule has 2 aromatic heterocycles. The number of nitrogens with two attached hydrogens (primary N) is 2. The molecule has 5 N–H and O–H groups in total. The van der Waals surface area contributed by atoms with Gasteiger partial charge in [-0.3, -0.25) is 0 Å². The van der Waals surface area contributed by atoms with Gasteiger partial charge in [0.15, 0.2) is 5.65 Å². The van der Waals surface area contributed by atoms with Crippen molar-refractivity contribution in [2.24, 2.45) is 5.73 Å². The number of ether oxygens (including phenoxy) is 1. The average molecular weight is 415 g/mol. The number of benzene rings is 1. The van der Waals surface area contributed by atoms with Crippen LogP contribution in [0, 0.1) is 6.92 Å². The van der Waals surface area contributed by atoms with Crippen molar-refractivity contribution in [3.63, 3.8) is 0 Å². The van der Waals surface area contributed by atoms with Crippen LogP contribution < -0.4 is 16.8 Å². The largest absolute Gasteiger partial charge is 0.446 e. The summed E-state index contributed by atoms with van der Waals surface area (Å²) in [6, 6.07) is 8.34. The molecule has 0 unspecified atom stereocenters. The fraction of sp³-hybridized carbons (Fsp3) is 0.263. The molecule has 1 amide bonds. The summed E-state index contributed by atoms with van der Waals surface area (Å²) < 4.78 is 32.2. The number of carbonyl (C=O) groups excluding carboxylic acids is 1. The van der Waals surface area contributed by atoms with Crippen LogP contribution in [0.15, 0.2) is 47.6 Å². The van der Waals surface area contributed by atoms with Crippen molar-refractivity contribution in [3.8, 4) is 0 Å². The smallest absolute Gasteiger partial charge is 0.404 e. The number of fused-ring (bicyclic) bond motifs is 1. The number of nitrogens with zero attached hydrogens (tertiary/aromatic N) is 2. The zero-order valence-electron chi connectivity index (χ0n) is 15.7. The molecule has 9 nitrogen and oxygen atoms in total.